The van der Waals surface area contributed by atoms with Crippen molar-refractivity contribution in [3.8, 4) is 0 Å². The van der Waals surface area contributed by atoms with E-state index in [1.165, 1.54) is 24.4 Å². The first kappa shape index (κ1) is 23.3. The van der Waals surface area contributed by atoms with Crippen LogP contribution in [0.2, 0.25) is 0 Å². The Morgan fingerprint density at radius 1 is 1.22 bits per heavy atom. The van der Waals surface area contributed by atoms with Gasteiger partial charge in [-0.2, -0.15) is 5.10 Å². The summed E-state index contributed by atoms with van der Waals surface area (Å²) in [6.45, 7) is 7.35. The molecule has 0 fully saturated rings. The van der Waals surface area contributed by atoms with Crippen LogP contribution in [0.15, 0.2) is 47.5 Å². The number of aromatic carboxylic acids is 1. The molecule has 3 aromatic rings. The molecule has 2 heterocycles. The Bertz CT molecular complexity index is 1220. The minimum Gasteiger partial charge on any atom is -0.478 e. The number of nitrogens with one attached hydrogen (secondary N) is 1. The van der Waals surface area contributed by atoms with Gasteiger partial charge >= 0.3 is 5.97 Å². The summed E-state index contributed by atoms with van der Waals surface area (Å²) in [5.74, 6) is -0.849. The third-order valence-electron chi connectivity index (χ3n) is 5.30. The van der Waals surface area contributed by atoms with Gasteiger partial charge in [0.15, 0.2) is 5.82 Å². The van der Waals surface area contributed by atoms with Gasteiger partial charge in [0.05, 0.1) is 21.8 Å². The molecule has 2 aromatic heterocycles. The predicted molar refractivity (Wildman–Crippen MR) is 123 cm³/mol. The number of hydrogen-bond donors (Lipinski definition) is 2. The number of anilines is 2. The molecule has 0 unspecified atom stereocenters. The maximum atomic E-state index is 12.8. The Balaban J connectivity index is 1.90. The normalized spacial score (nSPS) is 11.4. The van der Waals surface area contributed by atoms with Gasteiger partial charge in [0.2, 0.25) is 0 Å². The lowest BCUT2D eigenvalue weighted by Gasteiger charge is -2.22. The topological polar surface area (TPSA) is 117 Å². The zero-order valence-electron chi connectivity index (χ0n) is 18.5. The molecule has 0 aliphatic rings. The lowest BCUT2D eigenvalue weighted by Crippen LogP contribution is -2.25. The van der Waals surface area contributed by atoms with Crippen LogP contribution in [0.5, 0.6) is 0 Å². The van der Waals surface area contributed by atoms with E-state index in [4.69, 9.17) is 0 Å². The average molecular weight is 458 g/mol. The fourth-order valence-electron chi connectivity index (χ4n) is 3.55. The highest BCUT2D eigenvalue weighted by molar-refractivity contribution is 7.92. The highest BCUT2D eigenvalue weighted by Crippen LogP contribution is 2.27. The fraction of sp³-hybridized carbons (Fsp3) is 0.318. The summed E-state index contributed by atoms with van der Waals surface area (Å²) in [6.07, 6.45) is 1.90. The zero-order chi connectivity index (χ0) is 23.5. The number of carboxylic acids is 1. The number of aryl methyl sites for hydroxylation is 2. The van der Waals surface area contributed by atoms with E-state index in [1.54, 1.807) is 30.1 Å². The van der Waals surface area contributed by atoms with Crippen LogP contribution in [0, 0.1) is 13.8 Å². The standard InChI is InChI=1S/C22H27N5O4S/c1-5-27-16(3)19(15(2)24-27)11-12-26(4)21-20(13-17(14-23-21)22(28)29)25-32(30,31)18-9-7-6-8-10-18/h6-10,13-14,25H,5,11-12H2,1-4H3,(H,28,29). The number of sulfonamides is 1. The summed E-state index contributed by atoms with van der Waals surface area (Å²) < 4.78 is 30.1. The number of rotatable bonds is 9. The minimum absolute atomic E-state index is 0.0764. The zero-order valence-corrected chi connectivity index (χ0v) is 19.3. The maximum Gasteiger partial charge on any atom is 0.337 e. The number of carbonyl (C=O) groups is 1. The largest absolute Gasteiger partial charge is 0.478 e. The van der Waals surface area contributed by atoms with E-state index in [0.29, 0.717) is 18.8 Å². The molecule has 3 rings (SSSR count). The smallest absolute Gasteiger partial charge is 0.337 e. The molecule has 170 valence electrons. The second kappa shape index (κ2) is 9.39. The van der Waals surface area contributed by atoms with Gasteiger partial charge in [-0.15, -0.1) is 0 Å². The average Bonchev–Trinajstić information content (AvgIpc) is 3.04. The van der Waals surface area contributed by atoms with E-state index >= 15 is 0 Å². The van der Waals surface area contributed by atoms with Crippen LogP contribution in [0.4, 0.5) is 11.5 Å². The van der Waals surface area contributed by atoms with Crippen molar-refractivity contribution >= 4 is 27.5 Å². The van der Waals surface area contributed by atoms with Crippen LogP contribution in [-0.4, -0.2) is 47.9 Å². The van der Waals surface area contributed by atoms with Crippen LogP contribution in [0.1, 0.15) is 34.2 Å². The third kappa shape index (κ3) is 4.91. The van der Waals surface area contributed by atoms with Gasteiger partial charge in [-0.25, -0.2) is 18.2 Å². The number of nitrogens with zero attached hydrogens (tertiary/aromatic N) is 4. The Morgan fingerprint density at radius 3 is 2.50 bits per heavy atom. The van der Waals surface area contributed by atoms with Crippen molar-refractivity contribution < 1.29 is 18.3 Å². The summed E-state index contributed by atoms with van der Waals surface area (Å²) in [5.41, 5.74) is 3.18. The highest BCUT2D eigenvalue weighted by atomic mass is 32.2. The predicted octanol–water partition coefficient (Wildman–Crippen LogP) is 3.09. The molecule has 0 amide bonds. The Kier molecular flexibility index (Phi) is 6.83. The van der Waals surface area contributed by atoms with E-state index in [1.807, 2.05) is 25.5 Å². The molecule has 0 saturated carbocycles. The van der Waals surface area contributed by atoms with E-state index in [-0.39, 0.29) is 16.1 Å². The van der Waals surface area contributed by atoms with Gasteiger partial charge in [-0.05, 0) is 51.0 Å². The second-order valence-electron chi connectivity index (χ2n) is 7.46. The molecule has 2 N–H and O–H groups in total. The molecule has 10 heteroatoms. The Labute approximate surface area is 187 Å². The van der Waals surface area contributed by atoms with Gasteiger partial charge in [-0.3, -0.25) is 9.40 Å². The molecule has 0 saturated heterocycles. The van der Waals surface area contributed by atoms with Gasteiger partial charge in [0, 0.05) is 32.0 Å². The molecule has 0 spiro atoms. The second-order valence-corrected chi connectivity index (χ2v) is 9.14. The molecule has 0 bridgehead atoms. The molecule has 0 radical (unpaired) electrons. The van der Waals surface area contributed by atoms with E-state index < -0.39 is 16.0 Å². The quantitative estimate of drug-likeness (QED) is 0.507. The minimum atomic E-state index is -3.92. The summed E-state index contributed by atoms with van der Waals surface area (Å²) in [5, 5.41) is 13.9. The van der Waals surface area contributed by atoms with Crippen molar-refractivity contribution in [1.29, 1.82) is 0 Å². The Morgan fingerprint density at radius 2 is 1.91 bits per heavy atom. The fourth-order valence-corrected chi connectivity index (χ4v) is 4.62. The van der Waals surface area contributed by atoms with E-state index in [2.05, 4.69) is 14.8 Å². The lowest BCUT2D eigenvalue weighted by atomic mass is 10.1. The molecular formula is C22H27N5O4S. The number of likely N-dealkylation sites (N-methyl/N-ethyl adjacent to an activating group) is 1. The van der Waals surface area contributed by atoms with E-state index in [0.717, 1.165) is 23.5 Å². The first-order valence-corrected chi connectivity index (χ1v) is 11.7. The first-order chi connectivity index (χ1) is 15.1. The number of carboxylic acid groups (broad SMARTS) is 1. The first-order valence-electron chi connectivity index (χ1n) is 10.2. The van der Waals surface area contributed by atoms with Crippen LogP contribution in [0.3, 0.4) is 0 Å². The van der Waals surface area contributed by atoms with Crippen molar-refractivity contribution in [3.05, 3.63) is 65.1 Å². The summed E-state index contributed by atoms with van der Waals surface area (Å²) in [4.78, 5) is 17.6. The molecule has 32 heavy (non-hydrogen) atoms. The van der Waals surface area contributed by atoms with Crippen molar-refractivity contribution in [2.75, 3.05) is 23.2 Å². The lowest BCUT2D eigenvalue weighted by molar-refractivity contribution is 0.0696. The third-order valence-corrected chi connectivity index (χ3v) is 6.68. The van der Waals surface area contributed by atoms with Crippen LogP contribution >= 0.6 is 0 Å². The Hall–Kier alpha value is -3.40. The number of aromatic nitrogens is 3. The number of pyridine rings is 1. The summed E-state index contributed by atoms with van der Waals surface area (Å²) >= 11 is 0. The van der Waals surface area contributed by atoms with Crippen molar-refractivity contribution in [3.63, 3.8) is 0 Å². The molecular weight excluding hydrogens is 430 g/mol. The number of hydrogen-bond acceptors (Lipinski definition) is 6. The molecule has 1 aromatic carbocycles. The SMILES string of the molecule is CCn1nc(C)c(CCN(C)c2ncc(C(=O)O)cc2NS(=O)(=O)c2ccccc2)c1C. The summed E-state index contributed by atoms with van der Waals surface area (Å²) in [7, 11) is -2.13. The van der Waals surface area contributed by atoms with Crippen molar-refractivity contribution in [2.45, 2.75) is 38.6 Å². The number of benzene rings is 1. The van der Waals surface area contributed by atoms with Gasteiger partial charge < -0.3 is 10.0 Å². The van der Waals surface area contributed by atoms with Gasteiger partial charge in [-0.1, -0.05) is 18.2 Å². The van der Waals surface area contributed by atoms with Crippen LogP contribution < -0.4 is 9.62 Å². The van der Waals surface area contributed by atoms with Crippen molar-refractivity contribution in [2.24, 2.45) is 0 Å². The van der Waals surface area contributed by atoms with Gasteiger partial charge in [0.1, 0.15) is 0 Å². The van der Waals surface area contributed by atoms with Gasteiger partial charge in [0.25, 0.3) is 10.0 Å². The summed E-state index contributed by atoms with van der Waals surface area (Å²) in [6, 6.07) is 9.18. The molecule has 0 aliphatic carbocycles. The monoisotopic (exact) mass is 457 g/mol. The maximum absolute atomic E-state index is 12.8. The molecule has 0 atom stereocenters. The van der Waals surface area contributed by atoms with Crippen molar-refractivity contribution in [1.82, 2.24) is 14.8 Å². The molecule has 0 aliphatic heterocycles. The highest BCUT2D eigenvalue weighted by Gasteiger charge is 2.21. The van der Waals surface area contributed by atoms with Crippen LogP contribution in [0.25, 0.3) is 0 Å². The van der Waals surface area contributed by atoms with E-state index in [9.17, 15) is 18.3 Å². The van der Waals surface area contributed by atoms with Crippen LogP contribution in [-0.2, 0) is 23.0 Å². The molecule has 9 nitrogen and oxygen atoms in total.